The van der Waals surface area contributed by atoms with E-state index in [0.29, 0.717) is 6.61 Å². The molecule has 94 valence electrons. The molecule has 3 nitrogen and oxygen atoms in total. The maximum atomic E-state index is 9.86. The van der Waals surface area contributed by atoms with E-state index in [1.54, 1.807) is 6.08 Å². The zero-order chi connectivity index (χ0) is 12.4. The van der Waals surface area contributed by atoms with Gasteiger partial charge in [-0.2, -0.15) is 0 Å². The van der Waals surface area contributed by atoms with Crippen LogP contribution >= 0.6 is 0 Å². The number of ether oxygens (including phenoxy) is 1. The topological polar surface area (TPSA) is 38.7 Å². The molecule has 0 unspecified atom stereocenters. The first-order valence-electron chi connectivity index (χ1n) is 5.83. The van der Waals surface area contributed by atoms with E-state index in [2.05, 4.69) is 20.8 Å². The summed E-state index contributed by atoms with van der Waals surface area (Å²) in [5.74, 6) is 0. The van der Waals surface area contributed by atoms with Crippen molar-refractivity contribution in [1.29, 1.82) is 0 Å². The van der Waals surface area contributed by atoms with Crippen LogP contribution in [-0.2, 0) is 9.16 Å². The number of rotatable bonds is 3. The minimum atomic E-state index is -0.637. The van der Waals surface area contributed by atoms with Crippen molar-refractivity contribution in [2.45, 2.75) is 57.5 Å². The molecule has 1 rings (SSSR count). The zero-order valence-electron chi connectivity index (χ0n) is 11.0. The molecule has 0 fully saturated rings. The highest BCUT2D eigenvalue weighted by molar-refractivity contribution is 6.31. The van der Waals surface area contributed by atoms with Crippen LogP contribution in [0.1, 0.15) is 34.6 Å². The number of aliphatic hydroxyl groups is 1. The molecule has 0 saturated heterocycles. The Labute approximate surface area is 101 Å². The summed E-state index contributed by atoms with van der Waals surface area (Å²) in [5, 5.41) is 10.1. The number of aliphatic hydroxyl groups excluding tert-OH is 1. The molecule has 1 aliphatic heterocycles. The van der Waals surface area contributed by atoms with Gasteiger partial charge in [-0.3, -0.25) is 0 Å². The summed E-state index contributed by atoms with van der Waals surface area (Å²) in [4.78, 5) is 0. The molecule has 1 N–H and O–H groups in total. The van der Waals surface area contributed by atoms with E-state index in [-0.39, 0.29) is 11.1 Å². The summed E-state index contributed by atoms with van der Waals surface area (Å²) in [6.45, 7) is 11.1. The summed E-state index contributed by atoms with van der Waals surface area (Å²) in [7, 11) is -0.637. The van der Waals surface area contributed by atoms with Crippen LogP contribution in [0.5, 0.6) is 0 Å². The molecule has 0 saturated carbocycles. The van der Waals surface area contributed by atoms with E-state index >= 15 is 0 Å². The Balaban J connectivity index is 2.59. The van der Waals surface area contributed by atoms with Crippen LogP contribution < -0.4 is 0 Å². The van der Waals surface area contributed by atoms with Crippen molar-refractivity contribution in [3.05, 3.63) is 12.2 Å². The molecule has 0 spiro atoms. The monoisotopic (exact) mass is 244 g/mol. The molecule has 16 heavy (non-hydrogen) atoms. The average molecular weight is 244 g/mol. The van der Waals surface area contributed by atoms with E-state index in [4.69, 9.17) is 9.16 Å². The molecule has 1 aliphatic rings. The molecule has 0 bridgehead atoms. The molecule has 2 atom stereocenters. The second-order valence-corrected chi connectivity index (χ2v) is 8.82. The fraction of sp³-hybridized carbons (Fsp3) is 0.833. The average Bonchev–Trinajstić information content (AvgIpc) is 2.14. The molecule has 0 aromatic heterocycles. The van der Waals surface area contributed by atoms with Gasteiger partial charge in [0.25, 0.3) is 0 Å². The molecule has 0 radical (unpaired) electrons. The predicted octanol–water partition coefficient (Wildman–Crippen LogP) is 1.40. The molecule has 0 aliphatic carbocycles. The number of hydrogen-bond acceptors (Lipinski definition) is 3. The third kappa shape index (κ3) is 4.01. The summed E-state index contributed by atoms with van der Waals surface area (Å²) < 4.78 is 11.6. The van der Waals surface area contributed by atoms with Crippen LogP contribution in [0.15, 0.2) is 12.2 Å². The Morgan fingerprint density at radius 3 is 2.44 bits per heavy atom. The molecule has 0 aromatic carbocycles. The summed E-state index contributed by atoms with van der Waals surface area (Å²) in [5.41, 5.74) is -0.413. The second-order valence-electron chi connectivity index (χ2n) is 6.13. The molecule has 1 heterocycles. The van der Waals surface area contributed by atoms with Gasteiger partial charge in [0.15, 0.2) is 9.76 Å². The van der Waals surface area contributed by atoms with Gasteiger partial charge in [-0.25, -0.2) is 0 Å². The first kappa shape index (κ1) is 13.9. The molecular formula is C12H24O3Si. The summed E-state index contributed by atoms with van der Waals surface area (Å²) in [6, 6.07) is 0. The van der Waals surface area contributed by atoms with Gasteiger partial charge in [0, 0.05) is 0 Å². The van der Waals surface area contributed by atoms with E-state index in [1.807, 2.05) is 19.9 Å². The van der Waals surface area contributed by atoms with E-state index in [9.17, 15) is 5.11 Å². The molecule has 0 aromatic rings. The Morgan fingerprint density at radius 2 is 1.94 bits per heavy atom. The fourth-order valence-electron chi connectivity index (χ4n) is 1.65. The Kier molecular flexibility index (Phi) is 4.34. The minimum Gasteiger partial charge on any atom is -0.416 e. The van der Waals surface area contributed by atoms with Gasteiger partial charge < -0.3 is 14.3 Å². The first-order chi connectivity index (χ1) is 7.22. The lowest BCUT2D eigenvalue weighted by atomic mass is 9.95. The van der Waals surface area contributed by atoms with E-state index in [0.717, 1.165) is 0 Å². The second kappa shape index (κ2) is 5.00. The van der Waals surface area contributed by atoms with Crippen molar-refractivity contribution < 1.29 is 14.3 Å². The van der Waals surface area contributed by atoms with Crippen LogP contribution in [0, 0.1) is 0 Å². The molecular weight excluding hydrogens is 220 g/mol. The maximum absolute atomic E-state index is 9.86. The van der Waals surface area contributed by atoms with Gasteiger partial charge in [0.1, 0.15) is 12.2 Å². The quantitative estimate of drug-likeness (QED) is 0.602. The van der Waals surface area contributed by atoms with E-state index in [1.165, 1.54) is 0 Å². The van der Waals surface area contributed by atoms with Crippen molar-refractivity contribution in [1.82, 2.24) is 0 Å². The van der Waals surface area contributed by atoms with Gasteiger partial charge >= 0.3 is 0 Å². The van der Waals surface area contributed by atoms with Crippen LogP contribution in [0.25, 0.3) is 0 Å². The Bertz CT molecular complexity index is 255. The van der Waals surface area contributed by atoms with Crippen LogP contribution in [-0.4, -0.2) is 39.3 Å². The molecule has 0 amide bonds. The largest absolute Gasteiger partial charge is 0.416 e. The van der Waals surface area contributed by atoms with Crippen molar-refractivity contribution in [2.24, 2.45) is 0 Å². The van der Waals surface area contributed by atoms with Crippen LogP contribution in [0.4, 0.5) is 0 Å². The van der Waals surface area contributed by atoms with Crippen LogP contribution in [0.2, 0.25) is 5.04 Å². The standard InChI is InChI=1S/C12H24O3Si/c1-11(2,3)16-15-12(4,5)10-9(13)7-6-8-14-10/h6-7,9-10,13H,8,16H2,1-5H3/t9-,10+/m0/s1. The third-order valence-corrected chi connectivity index (χ3v) is 4.33. The predicted molar refractivity (Wildman–Crippen MR) is 68.3 cm³/mol. The highest BCUT2D eigenvalue weighted by Crippen LogP contribution is 2.28. The minimum absolute atomic E-state index is 0.257. The maximum Gasteiger partial charge on any atom is 0.167 e. The van der Waals surface area contributed by atoms with Crippen molar-refractivity contribution in [3.8, 4) is 0 Å². The highest BCUT2D eigenvalue weighted by Gasteiger charge is 2.37. The van der Waals surface area contributed by atoms with Crippen LogP contribution in [0.3, 0.4) is 0 Å². The van der Waals surface area contributed by atoms with Crippen molar-refractivity contribution in [3.63, 3.8) is 0 Å². The molecule has 4 heteroatoms. The van der Waals surface area contributed by atoms with Gasteiger partial charge in [-0.05, 0) is 18.9 Å². The smallest absolute Gasteiger partial charge is 0.167 e. The zero-order valence-corrected chi connectivity index (χ0v) is 12.4. The third-order valence-electron chi connectivity index (χ3n) is 2.58. The van der Waals surface area contributed by atoms with Gasteiger partial charge in [-0.1, -0.05) is 32.9 Å². The van der Waals surface area contributed by atoms with Crippen molar-refractivity contribution in [2.75, 3.05) is 6.61 Å². The Morgan fingerprint density at radius 1 is 1.31 bits per heavy atom. The number of hydrogen-bond donors (Lipinski definition) is 1. The van der Waals surface area contributed by atoms with Gasteiger partial charge in [0.2, 0.25) is 0 Å². The highest BCUT2D eigenvalue weighted by atomic mass is 28.2. The first-order valence-corrected chi connectivity index (χ1v) is 7.11. The van der Waals surface area contributed by atoms with Gasteiger partial charge in [-0.15, -0.1) is 0 Å². The lowest BCUT2D eigenvalue weighted by Gasteiger charge is -2.39. The summed E-state index contributed by atoms with van der Waals surface area (Å²) >= 11 is 0. The normalized spacial score (nSPS) is 27.9. The van der Waals surface area contributed by atoms with Gasteiger partial charge in [0.05, 0.1) is 12.2 Å². The van der Waals surface area contributed by atoms with E-state index < -0.39 is 21.5 Å². The summed E-state index contributed by atoms with van der Waals surface area (Å²) in [6.07, 6.45) is 2.82. The lowest BCUT2D eigenvalue weighted by Crippen LogP contribution is -2.50. The SMILES string of the molecule is CC(C)(C)[SiH2]OC(C)(C)[C@@H]1OCC=C[C@@H]1O. The Hall–Kier alpha value is -0.163. The van der Waals surface area contributed by atoms with Crippen molar-refractivity contribution >= 4 is 9.76 Å². The lowest BCUT2D eigenvalue weighted by molar-refractivity contribution is -0.115. The fourth-order valence-corrected chi connectivity index (χ4v) is 2.62.